The van der Waals surface area contributed by atoms with Gasteiger partial charge in [0.2, 0.25) is 5.95 Å². The highest BCUT2D eigenvalue weighted by molar-refractivity contribution is 5.79. The Kier molecular flexibility index (Phi) is 4.84. The van der Waals surface area contributed by atoms with Crippen LogP contribution in [0.3, 0.4) is 0 Å². The minimum Gasteiger partial charge on any atom is -0.368 e. The fourth-order valence-electron chi connectivity index (χ4n) is 2.40. The molecule has 6 nitrogen and oxygen atoms in total. The third-order valence-electron chi connectivity index (χ3n) is 4.11. The van der Waals surface area contributed by atoms with Crippen LogP contribution in [0.1, 0.15) is 49.6 Å². The smallest absolute Gasteiger partial charge is 0.220 e. The van der Waals surface area contributed by atoms with E-state index in [1.54, 1.807) is 16.9 Å². The van der Waals surface area contributed by atoms with Crippen molar-refractivity contribution < 1.29 is 0 Å². The molecule has 1 fully saturated rings. The predicted molar refractivity (Wildman–Crippen MR) is 95.4 cm³/mol. The number of rotatable bonds is 2. The van der Waals surface area contributed by atoms with Gasteiger partial charge in [0.05, 0.1) is 17.6 Å². The Hall–Kier alpha value is -2.76. The fraction of sp³-hybridized carbons (Fsp3) is 0.333. The van der Waals surface area contributed by atoms with Crippen LogP contribution in [-0.4, -0.2) is 24.6 Å². The number of hydrogen-bond acceptors (Lipinski definition) is 5. The molecule has 0 amide bonds. The molecule has 124 valence electrons. The number of fused-ring (bicyclic) bond motifs is 1. The van der Waals surface area contributed by atoms with E-state index in [0.29, 0.717) is 0 Å². The summed E-state index contributed by atoms with van der Waals surface area (Å²) in [6, 6.07) is 3.79. The van der Waals surface area contributed by atoms with Gasteiger partial charge in [0.1, 0.15) is 0 Å². The minimum absolute atomic E-state index is 0.279. The van der Waals surface area contributed by atoms with Crippen molar-refractivity contribution in [1.29, 1.82) is 0 Å². The van der Waals surface area contributed by atoms with Crippen LogP contribution in [-0.2, 0) is 0 Å². The molecule has 0 bridgehead atoms. The number of nitrogens with two attached hydrogens (primary N) is 1. The highest BCUT2D eigenvalue weighted by Crippen LogP contribution is 2.24. The quantitative estimate of drug-likeness (QED) is 0.781. The minimum atomic E-state index is 0.279. The highest BCUT2D eigenvalue weighted by atomic mass is 15.2. The Morgan fingerprint density at radius 1 is 1.17 bits per heavy atom. The standard InChI is InChI=1S/C14H14N6.C4H8/c1-3-10(11-8-16-14(15)18-9(11)2)12-5-7-20-13(19-12)4-6-17-20;1-2-4-3-1/h3-8H,1-2H3,(H2,15,16,18);1-4H2/b10-3+;. The van der Waals surface area contributed by atoms with E-state index in [1.807, 2.05) is 38.3 Å². The molecule has 1 aliphatic carbocycles. The van der Waals surface area contributed by atoms with Crippen molar-refractivity contribution in [2.24, 2.45) is 0 Å². The lowest BCUT2D eigenvalue weighted by molar-refractivity contribution is 0.504. The van der Waals surface area contributed by atoms with Crippen LogP contribution in [0, 0.1) is 6.92 Å². The van der Waals surface area contributed by atoms with Gasteiger partial charge in [-0.25, -0.2) is 19.5 Å². The number of aryl methyl sites for hydroxylation is 1. The second kappa shape index (κ2) is 7.21. The zero-order valence-electron chi connectivity index (χ0n) is 14.1. The van der Waals surface area contributed by atoms with Crippen molar-refractivity contribution in [3.63, 3.8) is 0 Å². The lowest BCUT2D eigenvalue weighted by Gasteiger charge is -2.09. The Bertz CT molecular complexity index is 857. The summed E-state index contributed by atoms with van der Waals surface area (Å²) < 4.78 is 1.73. The molecule has 3 aromatic rings. The molecule has 0 spiro atoms. The van der Waals surface area contributed by atoms with Crippen LogP contribution in [0.25, 0.3) is 11.2 Å². The zero-order valence-corrected chi connectivity index (χ0v) is 14.1. The van der Waals surface area contributed by atoms with Crippen LogP contribution in [0.5, 0.6) is 0 Å². The summed E-state index contributed by atoms with van der Waals surface area (Å²) in [4.78, 5) is 12.9. The Labute approximate surface area is 141 Å². The van der Waals surface area contributed by atoms with Gasteiger partial charge in [-0.1, -0.05) is 31.8 Å². The second-order valence-electron chi connectivity index (χ2n) is 5.79. The average molecular weight is 322 g/mol. The van der Waals surface area contributed by atoms with Crippen molar-refractivity contribution >= 4 is 17.2 Å². The van der Waals surface area contributed by atoms with Gasteiger partial charge in [0.15, 0.2) is 5.65 Å². The Morgan fingerprint density at radius 2 is 1.92 bits per heavy atom. The van der Waals surface area contributed by atoms with Gasteiger partial charge in [-0.2, -0.15) is 5.10 Å². The van der Waals surface area contributed by atoms with Gasteiger partial charge in [-0.3, -0.25) is 0 Å². The van der Waals surface area contributed by atoms with E-state index in [9.17, 15) is 0 Å². The maximum Gasteiger partial charge on any atom is 0.220 e. The first-order chi connectivity index (χ1) is 11.7. The number of allylic oxidation sites excluding steroid dienone is 1. The van der Waals surface area contributed by atoms with Crippen molar-refractivity contribution in [2.45, 2.75) is 39.5 Å². The number of hydrogen-bond donors (Lipinski definition) is 1. The zero-order chi connectivity index (χ0) is 16.9. The van der Waals surface area contributed by atoms with Gasteiger partial charge < -0.3 is 5.73 Å². The average Bonchev–Trinajstić information content (AvgIpc) is 2.96. The maximum atomic E-state index is 5.60. The molecular formula is C18H22N6. The molecule has 0 atom stereocenters. The fourth-order valence-corrected chi connectivity index (χ4v) is 2.40. The number of nitrogen functional groups attached to an aromatic ring is 1. The molecule has 3 heterocycles. The van der Waals surface area contributed by atoms with Crippen molar-refractivity contribution in [3.8, 4) is 0 Å². The number of nitrogens with zero attached hydrogens (tertiary/aromatic N) is 5. The van der Waals surface area contributed by atoms with E-state index >= 15 is 0 Å². The van der Waals surface area contributed by atoms with Crippen LogP contribution in [0.15, 0.2) is 36.8 Å². The molecule has 1 aliphatic rings. The summed E-state index contributed by atoms with van der Waals surface area (Å²) in [6.07, 6.45) is 13.3. The van der Waals surface area contributed by atoms with Crippen LogP contribution < -0.4 is 5.73 Å². The predicted octanol–water partition coefficient (Wildman–Crippen LogP) is 3.42. The largest absolute Gasteiger partial charge is 0.368 e. The molecule has 0 aromatic carbocycles. The van der Waals surface area contributed by atoms with Gasteiger partial charge in [-0.15, -0.1) is 0 Å². The summed E-state index contributed by atoms with van der Waals surface area (Å²) >= 11 is 0. The summed E-state index contributed by atoms with van der Waals surface area (Å²) in [6.45, 7) is 3.88. The van der Waals surface area contributed by atoms with Crippen molar-refractivity contribution in [1.82, 2.24) is 24.6 Å². The molecule has 3 aromatic heterocycles. The maximum absolute atomic E-state index is 5.60. The molecule has 0 saturated heterocycles. The normalized spacial score (nSPS) is 14.0. The van der Waals surface area contributed by atoms with E-state index < -0.39 is 0 Å². The van der Waals surface area contributed by atoms with Gasteiger partial charge in [-0.05, 0) is 19.9 Å². The highest BCUT2D eigenvalue weighted by Gasteiger charge is 2.11. The third kappa shape index (κ3) is 3.42. The molecule has 1 saturated carbocycles. The summed E-state index contributed by atoms with van der Waals surface area (Å²) in [7, 11) is 0. The van der Waals surface area contributed by atoms with Crippen LogP contribution in [0.2, 0.25) is 0 Å². The topological polar surface area (TPSA) is 82.0 Å². The number of aromatic nitrogens is 5. The van der Waals surface area contributed by atoms with Gasteiger partial charge >= 0.3 is 0 Å². The van der Waals surface area contributed by atoms with E-state index in [-0.39, 0.29) is 5.95 Å². The molecular weight excluding hydrogens is 300 g/mol. The monoisotopic (exact) mass is 322 g/mol. The van der Waals surface area contributed by atoms with E-state index in [1.165, 1.54) is 25.7 Å². The molecule has 0 radical (unpaired) electrons. The third-order valence-corrected chi connectivity index (χ3v) is 4.11. The number of anilines is 1. The summed E-state index contributed by atoms with van der Waals surface area (Å²) in [5.74, 6) is 0.279. The van der Waals surface area contributed by atoms with Crippen molar-refractivity contribution in [2.75, 3.05) is 5.73 Å². The molecule has 6 heteroatoms. The van der Waals surface area contributed by atoms with Crippen molar-refractivity contribution in [3.05, 3.63) is 53.8 Å². The molecule has 24 heavy (non-hydrogen) atoms. The summed E-state index contributed by atoms with van der Waals surface area (Å²) in [5.41, 5.74) is 10.0. The van der Waals surface area contributed by atoms with E-state index in [0.717, 1.165) is 28.2 Å². The van der Waals surface area contributed by atoms with E-state index in [2.05, 4.69) is 20.1 Å². The lowest BCUT2D eigenvalue weighted by Crippen LogP contribution is -2.02. The lowest BCUT2D eigenvalue weighted by atomic mass is 10.0. The van der Waals surface area contributed by atoms with E-state index in [4.69, 9.17) is 5.73 Å². The Balaban J connectivity index is 0.000000370. The first-order valence-electron chi connectivity index (χ1n) is 8.25. The van der Waals surface area contributed by atoms with Gasteiger partial charge in [0, 0.05) is 29.6 Å². The Morgan fingerprint density at radius 3 is 2.54 bits per heavy atom. The first-order valence-corrected chi connectivity index (χ1v) is 8.25. The van der Waals surface area contributed by atoms with Gasteiger partial charge in [0.25, 0.3) is 0 Å². The SMILES string of the molecule is C/C=C(/c1ccn2nccc2n1)c1cnc(N)nc1C.C1CCC1. The molecule has 0 unspecified atom stereocenters. The second-order valence-corrected chi connectivity index (χ2v) is 5.79. The summed E-state index contributed by atoms with van der Waals surface area (Å²) in [5, 5.41) is 4.14. The molecule has 0 aliphatic heterocycles. The molecule has 2 N–H and O–H groups in total. The van der Waals surface area contributed by atoms with Crippen LogP contribution in [0.4, 0.5) is 5.95 Å². The molecule has 4 rings (SSSR count). The first kappa shape index (κ1) is 16.1. The van der Waals surface area contributed by atoms with Crippen LogP contribution >= 0.6 is 0 Å².